The van der Waals surface area contributed by atoms with Crippen molar-refractivity contribution in [1.82, 2.24) is 4.90 Å². The zero-order valence-corrected chi connectivity index (χ0v) is 6.32. The highest BCUT2D eigenvalue weighted by Crippen LogP contribution is 2.08. The Morgan fingerprint density at radius 2 is 2.56 bits per heavy atom. The van der Waals surface area contributed by atoms with E-state index in [0.717, 1.165) is 19.5 Å². The summed E-state index contributed by atoms with van der Waals surface area (Å²) in [7, 11) is 2.10. The Bertz CT molecular complexity index is 140. The van der Waals surface area contributed by atoms with Gasteiger partial charge in [0.25, 0.3) is 0 Å². The molecule has 1 aliphatic heterocycles. The van der Waals surface area contributed by atoms with Gasteiger partial charge in [0.05, 0.1) is 11.2 Å². The molecule has 0 saturated carbocycles. The molecule has 1 fully saturated rings. The van der Waals surface area contributed by atoms with E-state index in [-0.39, 0.29) is 0 Å². The van der Waals surface area contributed by atoms with Crippen LogP contribution in [0.15, 0.2) is 4.99 Å². The van der Waals surface area contributed by atoms with Gasteiger partial charge in [-0.1, -0.05) is 0 Å². The number of hydrogen-bond acceptors (Lipinski definition) is 3. The van der Waals surface area contributed by atoms with Gasteiger partial charge in [-0.15, -0.1) is 0 Å². The minimum atomic E-state index is 0.424. The number of hydrogen-bond donors (Lipinski definition) is 0. The average Bonchev–Trinajstić information content (AvgIpc) is 2.17. The van der Waals surface area contributed by atoms with Crippen LogP contribution >= 0.6 is 12.2 Å². The third-order valence-electron chi connectivity index (χ3n) is 1.60. The lowest BCUT2D eigenvalue weighted by Gasteiger charge is -2.03. The maximum absolute atomic E-state index is 4.49. The Balaban J connectivity index is 2.38. The molecule has 0 radical (unpaired) electrons. The first-order valence-electron chi connectivity index (χ1n) is 3.08. The fourth-order valence-electron chi connectivity index (χ4n) is 1.09. The highest BCUT2D eigenvalue weighted by molar-refractivity contribution is 7.78. The second-order valence-electron chi connectivity index (χ2n) is 2.43. The van der Waals surface area contributed by atoms with Gasteiger partial charge in [-0.25, -0.2) is 4.99 Å². The number of thiocarbonyl (C=S) groups is 1. The molecule has 0 amide bonds. The summed E-state index contributed by atoms with van der Waals surface area (Å²) >= 11 is 4.49. The summed E-state index contributed by atoms with van der Waals surface area (Å²) in [5.41, 5.74) is 0. The second-order valence-corrected chi connectivity index (χ2v) is 2.61. The van der Waals surface area contributed by atoms with Crippen LogP contribution in [0.3, 0.4) is 0 Å². The molecule has 9 heavy (non-hydrogen) atoms. The van der Waals surface area contributed by atoms with E-state index in [1.165, 1.54) is 0 Å². The molecule has 0 aromatic carbocycles. The lowest BCUT2D eigenvalue weighted by molar-refractivity contribution is 0.412. The number of aliphatic imine (C=N–C) groups is 1. The number of likely N-dealkylation sites (tertiary alicyclic amines) is 1. The number of nitrogens with zero attached hydrogens (tertiary/aromatic N) is 2. The zero-order valence-electron chi connectivity index (χ0n) is 5.50. The monoisotopic (exact) mass is 142 g/mol. The molecule has 0 bridgehead atoms. The molecule has 50 valence electrons. The summed E-state index contributed by atoms with van der Waals surface area (Å²) in [4.78, 5) is 6.25. The Morgan fingerprint density at radius 3 is 3.00 bits per heavy atom. The van der Waals surface area contributed by atoms with Gasteiger partial charge in [0, 0.05) is 13.1 Å². The first-order chi connectivity index (χ1) is 4.33. The van der Waals surface area contributed by atoms with Crippen LogP contribution < -0.4 is 0 Å². The van der Waals surface area contributed by atoms with Crippen LogP contribution in [0.5, 0.6) is 0 Å². The van der Waals surface area contributed by atoms with Gasteiger partial charge in [-0.2, -0.15) is 0 Å². The van der Waals surface area contributed by atoms with Gasteiger partial charge >= 0.3 is 0 Å². The summed E-state index contributed by atoms with van der Waals surface area (Å²) in [6.45, 7) is 2.19. The first-order valence-corrected chi connectivity index (χ1v) is 3.49. The van der Waals surface area contributed by atoms with E-state index >= 15 is 0 Å². The smallest absolute Gasteiger partial charge is 0.0741 e. The van der Waals surface area contributed by atoms with Crippen molar-refractivity contribution in [2.75, 3.05) is 20.1 Å². The third-order valence-corrected chi connectivity index (χ3v) is 1.71. The van der Waals surface area contributed by atoms with Crippen LogP contribution in [0.1, 0.15) is 6.42 Å². The molecule has 0 aliphatic carbocycles. The van der Waals surface area contributed by atoms with Gasteiger partial charge in [-0.05, 0) is 25.7 Å². The zero-order chi connectivity index (χ0) is 6.69. The Hall–Kier alpha value is -0.240. The summed E-state index contributed by atoms with van der Waals surface area (Å²) < 4.78 is 0. The topological polar surface area (TPSA) is 15.6 Å². The molecule has 1 rings (SSSR count). The number of likely N-dealkylation sites (N-methyl/N-ethyl adjacent to an activating group) is 1. The predicted octanol–water partition coefficient (Wildman–Crippen LogP) is 0.793. The highest BCUT2D eigenvalue weighted by atomic mass is 32.1. The van der Waals surface area contributed by atoms with Crippen LogP contribution in [0.25, 0.3) is 0 Å². The van der Waals surface area contributed by atoms with Gasteiger partial charge in [0.1, 0.15) is 0 Å². The largest absolute Gasteiger partial charge is 0.304 e. The van der Waals surface area contributed by atoms with E-state index in [1.807, 2.05) is 0 Å². The quantitative estimate of drug-likeness (QED) is 0.397. The highest BCUT2D eigenvalue weighted by Gasteiger charge is 2.17. The maximum atomic E-state index is 4.49. The molecule has 0 aromatic rings. The van der Waals surface area contributed by atoms with Crippen LogP contribution in [0.2, 0.25) is 0 Å². The second kappa shape index (κ2) is 3.06. The molecule has 1 aliphatic rings. The Kier molecular flexibility index (Phi) is 2.34. The van der Waals surface area contributed by atoms with E-state index in [2.05, 4.69) is 34.3 Å². The van der Waals surface area contributed by atoms with Gasteiger partial charge in [-0.3, -0.25) is 0 Å². The van der Waals surface area contributed by atoms with E-state index in [0.29, 0.717) is 6.04 Å². The van der Waals surface area contributed by atoms with Crippen LogP contribution in [0.4, 0.5) is 0 Å². The van der Waals surface area contributed by atoms with E-state index in [1.54, 1.807) is 0 Å². The molecule has 1 unspecified atom stereocenters. The molecular weight excluding hydrogens is 132 g/mol. The van der Waals surface area contributed by atoms with Gasteiger partial charge in [0.2, 0.25) is 0 Å². The van der Waals surface area contributed by atoms with Gasteiger partial charge < -0.3 is 4.90 Å². The van der Waals surface area contributed by atoms with E-state index in [9.17, 15) is 0 Å². The molecule has 1 atom stereocenters. The normalized spacial score (nSPS) is 27.9. The molecular formula is C6H10N2S. The first kappa shape index (κ1) is 6.87. The third kappa shape index (κ3) is 1.86. The van der Waals surface area contributed by atoms with E-state index in [4.69, 9.17) is 0 Å². The molecule has 3 heteroatoms. The lowest BCUT2D eigenvalue weighted by Crippen LogP contribution is -2.15. The Labute approximate surface area is 60.6 Å². The summed E-state index contributed by atoms with van der Waals surface area (Å²) in [6, 6.07) is 0.424. The molecule has 0 spiro atoms. The summed E-state index contributed by atoms with van der Waals surface area (Å²) in [5.74, 6) is 0. The molecule has 0 aromatic heterocycles. The van der Waals surface area contributed by atoms with Crippen molar-refractivity contribution < 1.29 is 0 Å². The minimum absolute atomic E-state index is 0.424. The summed E-state index contributed by atoms with van der Waals surface area (Å²) in [6.07, 6.45) is 1.14. The lowest BCUT2D eigenvalue weighted by atomic mass is 10.3. The van der Waals surface area contributed by atoms with Crippen LogP contribution in [-0.4, -0.2) is 36.2 Å². The average molecular weight is 142 g/mol. The van der Waals surface area contributed by atoms with Crippen molar-refractivity contribution in [2.45, 2.75) is 12.5 Å². The number of rotatable bonds is 1. The predicted molar refractivity (Wildman–Crippen MR) is 40.9 cm³/mol. The van der Waals surface area contributed by atoms with Crippen molar-refractivity contribution in [1.29, 1.82) is 0 Å². The van der Waals surface area contributed by atoms with Gasteiger partial charge in [0.15, 0.2) is 0 Å². The van der Waals surface area contributed by atoms with Crippen molar-refractivity contribution >= 4 is 17.4 Å². The maximum Gasteiger partial charge on any atom is 0.0741 e. The Morgan fingerprint density at radius 1 is 1.78 bits per heavy atom. The molecule has 0 N–H and O–H groups in total. The van der Waals surface area contributed by atoms with Crippen LogP contribution in [-0.2, 0) is 0 Å². The molecule has 2 nitrogen and oxygen atoms in total. The fourth-order valence-corrected chi connectivity index (χ4v) is 1.24. The van der Waals surface area contributed by atoms with Crippen molar-refractivity contribution in [3.05, 3.63) is 0 Å². The number of isothiocyanates is 1. The van der Waals surface area contributed by atoms with Crippen molar-refractivity contribution in [3.63, 3.8) is 0 Å². The standard InChI is InChI=1S/C6H10N2S/c1-8-3-2-6(4-8)7-5-9/h6H,2-4H2,1H3. The van der Waals surface area contributed by atoms with Crippen LogP contribution in [0, 0.1) is 0 Å². The SMILES string of the molecule is CN1CCC(N=C=S)C1. The minimum Gasteiger partial charge on any atom is -0.304 e. The van der Waals surface area contributed by atoms with Crippen molar-refractivity contribution in [2.24, 2.45) is 4.99 Å². The molecule has 1 saturated heterocycles. The van der Waals surface area contributed by atoms with Crippen molar-refractivity contribution in [3.8, 4) is 0 Å². The fraction of sp³-hybridized carbons (Fsp3) is 0.833. The van der Waals surface area contributed by atoms with E-state index < -0.39 is 0 Å². The molecule has 1 heterocycles. The summed E-state index contributed by atoms with van der Waals surface area (Å²) in [5, 5.41) is 2.41.